The predicted molar refractivity (Wildman–Crippen MR) is 82.5 cm³/mol. The first-order valence-electron chi connectivity index (χ1n) is 7.36. The van der Waals surface area contributed by atoms with Crippen LogP contribution in [0.1, 0.15) is 18.9 Å². The molecule has 1 saturated heterocycles. The molecule has 0 aromatic heterocycles. The second-order valence-corrected chi connectivity index (χ2v) is 5.48. The molecule has 116 valence electrons. The Balaban J connectivity index is 2.04. The number of methoxy groups -OCH3 is 1. The molecule has 0 amide bonds. The van der Waals surface area contributed by atoms with Crippen LogP contribution in [0.4, 0.5) is 11.4 Å². The fourth-order valence-electron chi connectivity index (χ4n) is 2.86. The van der Waals surface area contributed by atoms with Crippen molar-refractivity contribution in [3.8, 4) is 0 Å². The van der Waals surface area contributed by atoms with E-state index in [1.54, 1.807) is 13.2 Å². The second kappa shape index (κ2) is 7.38. The van der Waals surface area contributed by atoms with Gasteiger partial charge in [-0.2, -0.15) is 0 Å². The number of benzene rings is 1. The quantitative estimate of drug-likeness (QED) is 0.618. The van der Waals surface area contributed by atoms with Gasteiger partial charge in [0.2, 0.25) is 0 Å². The van der Waals surface area contributed by atoms with Gasteiger partial charge in [-0.05, 0) is 37.4 Å². The molecular weight excluding hydrogens is 270 g/mol. The summed E-state index contributed by atoms with van der Waals surface area (Å²) in [4.78, 5) is 13.0. The monoisotopic (exact) mass is 293 g/mol. The average molecular weight is 293 g/mol. The molecule has 6 heteroatoms. The summed E-state index contributed by atoms with van der Waals surface area (Å²) in [6, 6.07) is 5.34. The summed E-state index contributed by atoms with van der Waals surface area (Å²) < 4.78 is 5.21. The molecule has 1 N–H and O–H groups in total. The first kappa shape index (κ1) is 15.7. The third kappa shape index (κ3) is 4.15. The normalized spacial score (nSPS) is 18.9. The Morgan fingerprint density at radius 1 is 1.52 bits per heavy atom. The van der Waals surface area contributed by atoms with Gasteiger partial charge >= 0.3 is 0 Å². The van der Waals surface area contributed by atoms with E-state index in [1.165, 1.54) is 0 Å². The largest absolute Gasteiger partial charge is 0.384 e. The van der Waals surface area contributed by atoms with E-state index in [-0.39, 0.29) is 10.6 Å². The number of ether oxygens (including phenoxy) is 1. The van der Waals surface area contributed by atoms with E-state index in [2.05, 4.69) is 10.2 Å². The lowest BCUT2D eigenvalue weighted by Gasteiger charge is -2.16. The molecule has 1 atom stereocenters. The first-order chi connectivity index (χ1) is 10.1. The fraction of sp³-hybridized carbons (Fsp3) is 0.600. The van der Waals surface area contributed by atoms with Crippen LogP contribution in [-0.4, -0.2) is 43.2 Å². The third-order valence-electron chi connectivity index (χ3n) is 3.80. The summed E-state index contributed by atoms with van der Waals surface area (Å²) in [5.41, 5.74) is 1.85. The molecule has 1 unspecified atom stereocenters. The van der Waals surface area contributed by atoms with Crippen LogP contribution in [-0.2, 0) is 11.3 Å². The number of likely N-dealkylation sites (tertiary alicyclic amines) is 1. The smallest absolute Gasteiger partial charge is 0.292 e. The van der Waals surface area contributed by atoms with Gasteiger partial charge in [-0.1, -0.05) is 6.07 Å². The Morgan fingerprint density at radius 3 is 3.00 bits per heavy atom. The maximum atomic E-state index is 11.0. The molecule has 21 heavy (non-hydrogen) atoms. The number of hydrogen-bond donors (Lipinski definition) is 1. The van der Waals surface area contributed by atoms with Crippen LogP contribution in [0, 0.1) is 16.0 Å². The van der Waals surface area contributed by atoms with Gasteiger partial charge in [0.25, 0.3) is 5.69 Å². The van der Waals surface area contributed by atoms with Gasteiger partial charge in [-0.25, -0.2) is 0 Å². The molecule has 0 bridgehead atoms. The molecule has 1 aliphatic rings. The second-order valence-electron chi connectivity index (χ2n) is 5.48. The number of nitro groups is 1. The number of nitro benzene ring substituents is 1. The van der Waals surface area contributed by atoms with Gasteiger partial charge in [0, 0.05) is 32.8 Å². The van der Waals surface area contributed by atoms with Crippen molar-refractivity contribution in [3.63, 3.8) is 0 Å². The lowest BCUT2D eigenvalue weighted by molar-refractivity contribution is -0.384. The van der Waals surface area contributed by atoms with Crippen molar-refractivity contribution >= 4 is 11.4 Å². The number of hydrogen-bond acceptors (Lipinski definition) is 5. The van der Waals surface area contributed by atoms with Crippen molar-refractivity contribution in [2.24, 2.45) is 5.92 Å². The predicted octanol–water partition coefficient (Wildman–Crippen LogP) is 2.49. The van der Waals surface area contributed by atoms with E-state index >= 15 is 0 Å². The SMILES string of the molecule is CCNc1cc(CN2CCC(COC)C2)ccc1[N+](=O)[O-]. The Labute approximate surface area is 125 Å². The first-order valence-corrected chi connectivity index (χ1v) is 7.36. The Bertz CT molecular complexity index is 493. The molecule has 1 aromatic rings. The van der Waals surface area contributed by atoms with Crippen molar-refractivity contribution in [2.45, 2.75) is 19.9 Å². The van der Waals surface area contributed by atoms with Crippen LogP contribution in [0.25, 0.3) is 0 Å². The van der Waals surface area contributed by atoms with E-state index in [4.69, 9.17) is 4.74 Å². The van der Waals surface area contributed by atoms with Gasteiger partial charge in [0.1, 0.15) is 5.69 Å². The maximum absolute atomic E-state index is 11.0. The van der Waals surface area contributed by atoms with Crippen molar-refractivity contribution in [1.29, 1.82) is 0 Å². The number of rotatable bonds is 7. The Morgan fingerprint density at radius 2 is 2.33 bits per heavy atom. The van der Waals surface area contributed by atoms with Gasteiger partial charge in [-0.15, -0.1) is 0 Å². The number of anilines is 1. The molecule has 1 heterocycles. The Kier molecular flexibility index (Phi) is 5.52. The molecule has 1 aromatic carbocycles. The minimum atomic E-state index is -0.341. The highest BCUT2D eigenvalue weighted by atomic mass is 16.6. The fourth-order valence-corrected chi connectivity index (χ4v) is 2.86. The average Bonchev–Trinajstić information content (AvgIpc) is 2.87. The van der Waals surface area contributed by atoms with Crippen molar-refractivity contribution in [2.75, 3.05) is 38.7 Å². The van der Waals surface area contributed by atoms with E-state index in [1.807, 2.05) is 19.1 Å². The highest BCUT2D eigenvalue weighted by molar-refractivity contribution is 5.62. The summed E-state index contributed by atoms with van der Waals surface area (Å²) in [7, 11) is 1.74. The summed E-state index contributed by atoms with van der Waals surface area (Å²) in [5.74, 6) is 0.598. The van der Waals surface area contributed by atoms with Crippen molar-refractivity contribution in [3.05, 3.63) is 33.9 Å². The van der Waals surface area contributed by atoms with Crippen LogP contribution in [0.2, 0.25) is 0 Å². The highest BCUT2D eigenvalue weighted by Gasteiger charge is 2.23. The minimum absolute atomic E-state index is 0.138. The standard InChI is InChI=1S/C15H23N3O3/c1-3-16-14-8-12(4-5-15(14)18(19)20)9-17-7-6-13(10-17)11-21-2/h4-5,8,13,16H,3,6-7,9-11H2,1-2H3. The third-order valence-corrected chi connectivity index (χ3v) is 3.80. The lowest BCUT2D eigenvalue weighted by Crippen LogP contribution is -2.21. The van der Waals surface area contributed by atoms with Crippen molar-refractivity contribution < 1.29 is 9.66 Å². The topological polar surface area (TPSA) is 67.6 Å². The zero-order chi connectivity index (χ0) is 15.2. The molecule has 1 fully saturated rings. The van der Waals surface area contributed by atoms with Crippen LogP contribution < -0.4 is 5.32 Å². The molecule has 0 saturated carbocycles. The van der Waals surface area contributed by atoms with Gasteiger partial charge in [0.15, 0.2) is 0 Å². The molecular formula is C15H23N3O3. The van der Waals surface area contributed by atoms with Crippen LogP contribution in [0.5, 0.6) is 0 Å². The van der Waals surface area contributed by atoms with Gasteiger partial charge in [-0.3, -0.25) is 15.0 Å². The lowest BCUT2D eigenvalue weighted by atomic mass is 10.1. The van der Waals surface area contributed by atoms with E-state index in [0.29, 0.717) is 18.2 Å². The van der Waals surface area contributed by atoms with Gasteiger partial charge < -0.3 is 10.1 Å². The summed E-state index contributed by atoms with van der Waals surface area (Å²) >= 11 is 0. The van der Waals surface area contributed by atoms with Gasteiger partial charge in [0.05, 0.1) is 11.5 Å². The molecule has 6 nitrogen and oxygen atoms in total. The summed E-state index contributed by atoms with van der Waals surface area (Å²) in [6.45, 7) is 6.33. The zero-order valence-electron chi connectivity index (χ0n) is 12.7. The molecule has 1 aliphatic heterocycles. The molecule has 0 aliphatic carbocycles. The van der Waals surface area contributed by atoms with E-state index in [9.17, 15) is 10.1 Å². The maximum Gasteiger partial charge on any atom is 0.292 e. The Hall–Kier alpha value is -1.66. The molecule has 0 spiro atoms. The zero-order valence-corrected chi connectivity index (χ0v) is 12.7. The van der Waals surface area contributed by atoms with Crippen molar-refractivity contribution in [1.82, 2.24) is 4.90 Å². The van der Waals surface area contributed by atoms with Crippen LogP contribution in [0.3, 0.4) is 0 Å². The van der Waals surface area contributed by atoms with Crippen LogP contribution >= 0.6 is 0 Å². The molecule has 2 rings (SSSR count). The number of nitrogens with zero attached hydrogens (tertiary/aromatic N) is 2. The van der Waals surface area contributed by atoms with E-state index in [0.717, 1.165) is 38.2 Å². The van der Waals surface area contributed by atoms with E-state index < -0.39 is 0 Å². The molecule has 0 radical (unpaired) electrons. The summed E-state index contributed by atoms with van der Waals surface area (Å²) in [6.07, 6.45) is 1.15. The highest BCUT2D eigenvalue weighted by Crippen LogP contribution is 2.27. The van der Waals surface area contributed by atoms with Crippen LogP contribution in [0.15, 0.2) is 18.2 Å². The summed E-state index contributed by atoms with van der Waals surface area (Å²) in [5, 5.41) is 14.1. The number of nitrogens with one attached hydrogen (secondary N) is 1. The minimum Gasteiger partial charge on any atom is -0.384 e.